The molecule has 0 saturated heterocycles. The summed E-state index contributed by atoms with van der Waals surface area (Å²) >= 11 is 0. The number of nitriles is 1. The van der Waals surface area contributed by atoms with Crippen LogP contribution in [0.1, 0.15) is 13.3 Å². The molecule has 0 aromatic carbocycles. The van der Waals surface area contributed by atoms with E-state index in [1.165, 1.54) is 0 Å². The molecular formula is C5H8N2. The van der Waals surface area contributed by atoms with Crippen LogP contribution < -0.4 is 0 Å². The Labute approximate surface area is 43.5 Å². The molecule has 0 radical (unpaired) electrons. The van der Waals surface area contributed by atoms with Crippen molar-refractivity contribution in [2.45, 2.75) is 13.3 Å². The molecule has 2 heteroatoms. The molecule has 0 aromatic rings. The van der Waals surface area contributed by atoms with Crippen LogP contribution in [0.25, 0.3) is 0 Å². The van der Waals surface area contributed by atoms with Crippen LogP contribution >= 0.6 is 0 Å². The normalized spacial score (nSPS) is 9.14. The summed E-state index contributed by atoms with van der Waals surface area (Å²) in [4.78, 5) is 3.81. The second kappa shape index (κ2) is 5.16. The SMILES string of the molecule is C/C=N\CCC#N. The first-order valence-corrected chi connectivity index (χ1v) is 2.23. The van der Waals surface area contributed by atoms with Crippen LogP contribution in [-0.4, -0.2) is 12.8 Å². The third kappa shape index (κ3) is 5.16. The smallest absolute Gasteiger partial charge is 0.0641 e. The van der Waals surface area contributed by atoms with E-state index in [0.717, 1.165) is 0 Å². The molecule has 0 heterocycles. The maximum absolute atomic E-state index is 7.97. The highest BCUT2D eigenvalue weighted by molar-refractivity contribution is 5.53. The van der Waals surface area contributed by atoms with Crippen molar-refractivity contribution in [3.63, 3.8) is 0 Å². The van der Waals surface area contributed by atoms with Gasteiger partial charge in [0.25, 0.3) is 0 Å². The van der Waals surface area contributed by atoms with E-state index in [2.05, 4.69) is 4.99 Å². The van der Waals surface area contributed by atoms with Gasteiger partial charge in [-0.05, 0) is 13.1 Å². The molecule has 0 amide bonds. The lowest BCUT2D eigenvalue weighted by atomic mass is 10.5. The van der Waals surface area contributed by atoms with Crippen molar-refractivity contribution in [2.75, 3.05) is 6.54 Å². The zero-order valence-corrected chi connectivity index (χ0v) is 4.39. The van der Waals surface area contributed by atoms with Crippen LogP contribution in [0.4, 0.5) is 0 Å². The Morgan fingerprint density at radius 2 is 2.57 bits per heavy atom. The first-order valence-electron chi connectivity index (χ1n) is 2.23. The summed E-state index contributed by atoms with van der Waals surface area (Å²) < 4.78 is 0. The van der Waals surface area contributed by atoms with Crippen molar-refractivity contribution in [3.05, 3.63) is 0 Å². The van der Waals surface area contributed by atoms with Crippen molar-refractivity contribution < 1.29 is 0 Å². The third-order valence-electron chi connectivity index (χ3n) is 0.535. The second-order valence-electron chi connectivity index (χ2n) is 1.07. The molecule has 0 aliphatic heterocycles. The molecule has 2 nitrogen and oxygen atoms in total. The van der Waals surface area contributed by atoms with Gasteiger partial charge < -0.3 is 0 Å². The van der Waals surface area contributed by atoms with E-state index in [1.54, 1.807) is 6.21 Å². The van der Waals surface area contributed by atoms with Gasteiger partial charge in [0.15, 0.2) is 0 Å². The van der Waals surface area contributed by atoms with Crippen molar-refractivity contribution in [2.24, 2.45) is 4.99 Å². The van der Waals surface area contributed by atoms with E-state index in [0.29, 0.717) is 13.0 Å². The Hall–Kier alpha value is -0.840. The fraction of sp³-hybridized carbons (Fsp3) is 0.600. The summed E-state index contributed by atoms with van der Waals surface area (Å²) in [5.41, 5.74) is 0. The van der Waals surface area contributed by atoms with Crippen LogP contribution in [0, 0.1) is 11.3 Å². The molecule has 0 spiro atoms. The molecule has 0 aliphatic rings. The van der Waals surface area contributed by atoms with Gasteiger partial charge in [-0.25, -0.2) is 0 Å². The molecule has 0 saturated carbocycles. The highest BCUT2D eigenvalue weighted by Crippen LogP contribution is 1.73. The Morgan fingerprint density at radius 3 is 3.00 bits per heavy atom. The molecular weight excluding hydrogens is 88.1 g/mol. The van der Waals surface area contributed by atoms with Gasteiger partial charge in [0.2, 0.25) is 0 Å². The molecule has 0 aromatic heterocycles. The van der Waals surface area contributed by atoms with Crippen LogP contribution in [0.15, 0.2) is 4.99 Å². The summed E-state index contributed by atoms with van der Waals surface area (Å²) in [6.07, 6.45) is 2.24. The van der Waals surface area contributed by atoms with E-state index in [4.69, 9.17) is 5.26 Å². The first kappa shape index (κ1) is 6.16. The summed E-state index contributed by atoms with van der Waals surface area (Å²) in [6.45, 7) is 2.49. The zero-order chi connectivity index (χ0) is 5.54. The molecule has 0 N–H and O–H groups in total. The average molecular weight is 96.1 g/mol. The Balaban J connectivity index is 2.87. The summed E-state index contributed by atoms with van der Waals surface area (Å²) in [7, 11) is 0. The Kier molecular flexibility index (Phi) is 4.54. The van der Waals surface area contributed by atoms with Gasteiger partial charge in [-0.3, -0.25) is 4.99 Å². The fourth-order valence-electron chi connectivity index (χ4n) is 0.244. The minimum atomic E-state index is 0.532. The zero-order valence-electron chi connectivity index (χ0n) is 4.39. The van der Waals surface area contributed by atoms with E-state index < -0.39 is 0 Å². The van der Waals surface area contributed by atoms with E-state index in [9.17, 15) is 0 Å². The topological polar surface area (TPSA) is 36.1 Å². The monoisotopic (exact) mass is 96.1 g/mol. The van der Waals surface area contributed by atoms with Gasteiger partial charge in [0.1, 0.15) is 0 Å². The molecule has 0 aliphatic carbocycles. The van der Waals surface area contributed by atoms with E-state index >= 15 is 0 Å². The number of nitrogens with zero attached hydrogens (tertiary/aromatic N) is 2. The molecule has 38 valence electrons. The predicted molar refractivity (Wildman–Crippen MR) is 29.3 cm³/mol. The molecule has 0 atom stereocenters. The van der Waals surface area contributed by atoms with Crippen molar-refractivity contribution in [3.8, 4) is 6.07 Å². The van der Waals surface area contributed by atoms with E-state index in [-0.39, 0.29) is 0 Å². The summed E-state index contributed by atoms with van der Waals surface area (Å²) in [5, 5.41) is 7.97. The van der Waals surface area contributed by atoms with Gasteiger partial charge in [0, 0.05) is 0 Å². The lowest BCUT2D eigenvalue weighted by molar-refractivity contribution is 1.02. The minimum Gasteiger partial charge on any atom is -0.297 e. The second-order valence-corrected chi connectivity index (χ2v) is 1.07. The summed E-state index contributed by atoms with van der Waals surface area (Å²) in [6, 6.07) is 1.99. The van der Waals surface area contributed by atoms with Crippen LogP contribution in [-0.2, 0) is 0 Å². The number of hydrogen-bond acceptors (Lipinski definition) is 2. The fourth-order valence-corrected chi connectivity index (χ4v) is 0.244. The highest BCUT2D eigenvalue weighted by Gasteiger charge is 1.71. The van der Waals surface area contributed by atoms with Gasteiger partial charge in [0.05, 0.1) is 19.0 Å². The lowest BCUT2D eigenvalue weighted by Gasteiger charge is -1.76. The summed E-state index contributed by atoms with van der Waals surface area (Å²) in [5.74, 6) is 0. The largest absolute Gasteiger partial charge is 0.297 e. The standard InChI is InChI=1S/C5H8N2/c1-2-7-5-3-4-6/h2H,3,5H2,1H3/b7-2-. The number of aliphatic imine (C=N–C) groups is 1. The van der Waals surface area contributed by atoms with Crippen molar-refractivity contribution >= 4 is 6.21 Å². The number of hydrogen-bond donors (Lipinski definition) is 0. The van der Waals surface area contributed by atoms with Gasteiger partial charge >= 0.3 is 0 Å². The maximum atomic E-state index is 7.97. The van der Waals surface area contributed by atoms with Crippen LogP contribution in [0.3, 0.4) is 0 Å². The predicted octanol–water partition coefficient (Wildman–Crippen LogP) is 0.991. The average Bonchev–Trinajstić information content (AvgIpc) is 1.69. The molecule has 0 bridgehead atoms. The quantitative estimate of drug-likeness (QED) is 0.373. The van der Waals surface area contributed by atoms with E-state index in [1.807, 2.05) is 13.0 Å². The number of rotatable bonds is 2. The minimum absolute atomic E-state index is 0.532. The molecule has 0 fully saturated rings. The Bertz CT molecular complexity index is 88.7. The lowest BCUT2D eigenvalue weighted by Crippen LogP contribution is -1.74. The third-order valence-corrected chi connectivity index (χ3v) is 0.535. The highest BCUT2D eigenvalue weighted by atomic mass is 14.7. The molecule has 0 rings (SSSR count). The molecule has 7 heavy (non-hydrogen) atoms. The van der Waals surface area contributed by atoms with Crippen molar-refractivity contribution in [1.82, 2.24) is 0 Å². The van der Waals surface area contributed by atoms with Gasteiger partial charge in [-0.2, -0.15) is 5.26 Å². The van der Waals surface area contributed by atoms with Gasteiger partial charge in [-0.15, -0.1) is 0 Å². The van der Waals surface area contributed by atoms with Crippen LogP contribution in [0.5, 0.6) is 0 Å². The van der Waals surface area contributed by atoms with Gasteiger partial charge in [-0.1, -0.05) is 0 Å². The Morgan fingerprint density at radius 1 is 1.86 bits per heavy atom. The first-order chi connectivity index (χ1) is 3.41. The molecule has 0 unspecified atom stereocenters. The van der Waals surface area contributed by atoms with Crippen LogP contribution in [0.2, 0.25) is 0 Å². The maximum Gasteiger partial charge on any atom is 0.0641 e. The van der Waals surface area contributed by atoms with Crippen molar-refractivity contribution in [1.29, 1.82) is 5.26 Å².